The summed E-state index contributed by atoms with van der Waals surface area (Å²) in [6.45, 7) is 9.78. The van der Waals surface area contributed by atoms with E-state index in [1.807, 2.05) is 19.9 Å². The van der Waals surface area contributed by atoms with Crippen LogP contribution in [0.2, 0.25) is 0 Å². The van der Waals surface area contributed by atoms with Crippen molar-refractivity contribution in [2.75, 3.05) is 14.2 Å². The average Bonchev–Trinajstić information content (AvgIpc) is 2.77. The Bertz CT molecular complexity index is 829. The summed E-state index contributed by atoms with van der Waals surface area (Å²) in [5.74, 6) is 1.08. The summed E-state index contributed by atoms with van der Waals surface area (Å²) < 4.78 is 11.0. The standard InChI is InChI=1S/C20H22O4/c1-10(2)15-17-12(9-14(23-5)19(15)24-6)18(22)16-11(3)13(21)7-8-20(16,17)4/h7-9,18,22H,1H2,2-6H3/t18-,20+/m1/s1. The van der Waals surface area contributed by atoms with Crippen LogP contribution < -0.4 is 9.47 Å². The largest absolute Gasteiger partial charge is 0.493 e. The first-order valence-corrected chi connectivity index (χ1v) is 7.86. The predicted octanol–water partition coefficient (Wildman–Crippen LogP) is 3.50. The van der Waals surface area contributed by atoms with E-state index in [1.165, 1.54) is 0 Å². The van der Waals surface area contributed by atoms with Gasteiger partial charge < -0.3 is 14.6 Å². The lowest BCUT2D eigenvalue weighted by atomic mass is 9.72. The lowest BCUT2D eigenvalue weighted by Gasteiger charge is -2.31. The Balaban J connectivity index is 2.46. The van der Waals surface area contributed by atoms with Crippen molar-refractivity contribution in [1.82, 2.24) is 0 Å². The smallest absolute Gasteiger partial charge is 0.181 e. The van der Waals surface area contributed by atoms with Gasteiger partial charge in [0.1, 0.15) is 6.10 Å². The van der Waals surface area contributed by atoms with Crippen LogP contribution in [0.15, 0.2) is 35.9 Å². The Labute approximate surface area is 142 Å². The van der Waals surface area contributed by atoms with Gasteiger partial charge in [-0.05, 0) is 60.8 Å². The molecular formula is C20H22O4. The van der Waals surface area contributed by atoms with Crippen LogP contribution in [0.3, 0.4) is 0 Å². The summed E-state index contributed by atoms with van der Waals surface area (Å²) in [7, 11) is 3.16. The molecule has 0 saturated carbocycles. The molecule has 3 rings (SSSR count). The van der Waals surface area contributed by atoms with Crippen molar-refractivity contribution in [2.45, 2.75) is 32.3 Å². The number of aliphatic hydroxyl groups excluding tert-OH is 1. The zero-order valence-electron chi connectivity index (χ0n) is 14.7. The molecule has 1 aromatic carbocycles. The fraction of sp³-hybridized carbons (Fsp3) is 0.350. The zero-order chi connectivity index (χ0) is 17.8. The molecule has 2 atom stereocenters. The van der Waals surface area contributed by atoms with Gasteiger partial charge >= 0.3 is 0 Å². The van der Waals surface area contributed by atoms with E-state index in [2.05, 4.69) is 6.58 Å². The van der Waals surface area contributed by atoms with E-state index in [4.69, 9.17) is 9.47 Å². The second kappa shape index (κ2) is 5.35. The first kappa shape index (κ1) is 16.5. The Kier molecular flexibility index (Phi) is 3.68. The van der Waals surface area contributed by atoms with Crippen molar-refractivity contribution < 1.29 is 19.4 Å². The highest BCUT2D eigenvalue weighted by atomic mass is 16.5. The number of carbonyl (C=O) groups is 1. The molecule has 0 heterocycles. The van der Waals surface area contributed by atoms with Gasteiger partial charge in [-0.3, -0.25) is 4.79 Å². The molecule has 0 spiro atoms. The maximum atomic E-state index is 12.1. The average molecular weight is 326 g/mol. The van der Waals surface area contributed by atoms with Gasteiger partial charge in [0.2, 0.25) is 0 Å². The predicted molar refractivity (Wildman–Crippen MR) is 93.4 cm³/mol. The molecule has 0 aliphatic heterocycles. The Morgan fingerprint density at radius 2 is 2.00 bits per heavy atom. The first-order chi connectivity index (χ1) is 11.3. The number of hydrogen-bond donors (Lipinski definition) is 1. The zero-order valence-corrected chi connectivity index (χ0v) is 14.7. The summed E-state index contributed by atoms with van der Waals surface area (Å²) in [6.07, 6.45) is 2.60. The highest BCUT2D eigenvalue weighted by molar-refractivity contribution is 6.06. The molecule has 2 aliphatic carbocycles. The van der Waals surface area contributed by atoms with Gasteiger partial charge in [0.15, 0.2) is 17.3 Å². The monoisotopic (exact) mass is 326 g/mol. The Morgan fingerprint density at radius 3 is 2.54 bits per heavy atom. The number of methoxy groups -OCH3 is 2. The number of aliphatic hydroxyl groups is 1. The number of rotatable bonds is 3. The van der Waals surface area contributed by atoms with Gasteiger partial charge in [-0.2, -0.15) is 0 Å². The second-order valence-electron chi connectivity index (χ2n) is 6.57. The fourth-order valence-electron chi connectivity index (χ4n) is 4.04. The number of hydrogen-bond acceptors (Lipinski definition) is 4. The third-order valence-electron chi connectivity index (χ3n) is 5.12. The van der Waals surface area contributed by atoms with Gasteiger partial charge in [0.25, 0.3) is 0 Å². The number of ether oxygens (including phenoxy) is 2. The summed E-state index contributed by atoms with van der Waals surface area (Å²) in [5, 5.41) is 10.9. The Morgan fingerprint density at radius 1 is 1.33 bits per heavy atom. The fourth-order valence-corrected chi connectivity index (χ4v) is 4.04. The molecule has 0 radical (unpaired) electrons. The lowest BCUT2D eigenvalue weighted by molar-refractivity contribution is -0.111. The molecule has 0 saturated heterocycles. The van der Waals surface area contributed by atoms with Crippen LogP contribution in [0, 0.1) is 0 Å². The Hall–Kier alpha value is -2.33. The van der Waals surface area contributed by atoms with Crippen molar-refractivity contribution in [3.8, 4) is 11.5 Å². The minimum atomic E-state index is -0.850. The molecule has 0 bridgehead atoms. The minimum Gasteiger partial charge on any atom is -0.493 e. The number of carbonyl (C=O) groups excluding carboxylic acids is 1. The van der Waals surface area contributed by atoms with Gasteiger partial charge in [-0.15, -0.1) is 0 Å². The van der Waals surface area contributed by atoms with Crippen LogP contribution in [0.5, 0.6) is 11.5 Å². The third-order valence-corrected chi connectivity index (χ3v) is 5.12. The quantitative estimate of drug-likeness (QED) is 0.924. The molecule has 126 valence electrons. The van der Waals surface area contributed by atoms with E-state index in [1.54, 1.807) is 33.3 Å². The molecule has 0 unspecified atom stereocenters. The molecule has 4 heteroatoms. The van der Waals surface area contributed by atoms with Gasteiger partial charge in [-0.25, -0.2) is 0 Å². The van der Waals surface area contributed by atoms with Crippen LogP contribution in [-0.2, 0) is 10.2 Å². The topological polar surface area (TPSA) is 55.8 Å². The SMILES string of the molecule is C=C(C)c1c(OC)c(OC)cc2c1[C@@]1(C)C=CC(=O)C(C)=C1[C@@H]2O. The summed E-state index contributed by atoms with van der Waals surface area (Å²) in [5.41, 5.74) is 4.06. The van der Waals surface area contributed by atoms with Crippen LogP contribution in [0.4, 0.5) is 0 Å². The number of allylic oxidation sites excluding steroid dienone is 4. The van der Waals surface area contributed by atoms with Crippen LogP contribution in [0.25, 0.3) is 5.57 Å². The number of ketones is 1. The van der Waals surface area contributed by atoms with Crippen LogP contribution in [0.1, 0.15) is 43.6 Å². The van der Waals surface area contributed by atoms with Crippen molar-refractivity contribution in [2.24, 2.45) is 0 Å². The van der Waals surface area contributed by atoms with E-state index >= 15 is 0 Å². The van der Waals surface area contributed by atoms with Crippen molar-refractivity contribution in [3.63, 3.8) is 0 Å². The van der Waals surface area contributed by atoms with Gasteiger partial charge in [0.05, 0.1) is 14.2 Å². The van der Waals surface area contributed by atoms with E-state index in [-0.39, 0.29) is 5.78 Å². The molecule has 1 N–H and O–H groups in total. The molecule has 2 aliphatic rings. The molecular weight excluding hydrogens is 304 g/mol. The van der Waals surface area contributed by atoms with Crippen LogP contribution >= 0.6 is 0 Å². The maximum absolute atomic E-state index is 12.1. The summed E-state index contributed by atoms with van der Waals surface area (Å²) >= 11 is 0. The van der Waals surface area contributed by atoms with Crippen molar-refractivity contribution >= 4 is 11.4 Å². The molecule has 0 fully saturated rings. The maximum Gasteiger partial charge on any atom is 0.181 e. The highest BCUT2D eigenvalue weighted by Gasteiger charge is 2.48. The van der Waals surface area contributed by atoms with E-state index < -0.39 is 11.5 Å². The van der Waals surface area contributed by atoms with E-state index in [0.29, 0.717) is 17.1 Å². The van der Waals surface area contributed by atoms with E-state index in [9.17, 15) is 9.90 Å². The number of fused-ring (bicyclic) bond motifs is 3. The van der Waals surface area contributed by atoms with E-state index in [0.717, 1.165) is 27.8 Å². The normalized spacial score (nSPS) is 24.8. The summed E-state index contributed by atoms with van der Waals surface area (Å²) in [4.78, 5) is 12.1. The molecule has 1 aromatic rings. The third kappa shape index (κ3) is 1.93. The molecule has 0 amide bonds. The molecule has 24 heavy (non-hydrogen) atoms. The minimum absolute atomic E-state index is 0.0647. The van der Waals surface area contributed by atoms with Gasteiger partial charge in [-0.1, -0.05) is 12.7 Å². The van der Waals surface area contributed by atoms with Gasteiger partial charge in [0, 0.05) is 11.0 Å². The van der Waals surface area contributed by atoms with Crippen molar-refractivity contribution in [3.05, 3.63) is 52.6 Å². The van der Waals surface area contributed by atoms with Crippen LogP contribution in [-0.4, -0.2) is 25.1 Å². The molecule has 0 aromatic heterocycles. The molecule has 4 nitrogen and oxygen atoms in total. The lowest BCUT2D eigenvalue weighted by Crippen LogP contribution is -2.26. The second-order valence-corrected chi connectivity index (χ2v) is 6.57. The highest BCUT2D eigenvalue weighted by Crippen LogP contribution is 2.58. The number of benzene rings is 1. The first-order valence-electron chi connectivity index (χ1n) is 7.86. The van der Waals surface area contributed by atoms with Crippen molar-refractivity contribution in [1.29, 1.82) is 0 Å². The summed E-state index contributed by atoms with van der Waals surface area (Å²) in [6, 6.07) is 1.80.